The van der Waals surface area contributed by atoms with Gasteiger partial charge in [-0.25, -0.2) is 15.0 Å². The molecule has 0 aliphatic carbocycles. The summed E-state index contributed by atoms with van der Waals surface area (Å²) < 4.78 is 1.53. The quantitative estimate of drug-likeness (QED) is 0.623. The predicted molar refractivity (Wildman–Crippen MR) is 112 cm³/mol. The fourth-order valence-corrected chi connectivity index (χ4v) is 3.21. The van der Waals surface area contributed by atoms with Crippen LogP contribution in [0.5, 0.6) is 0 Å². The molecule has 0 fully saturated rings. The second kappa shape index (κ2) is 10.2. The van der Waals surface area contributed by atoms with Crippen molar-refractivity contribution in [3.8, 4) is 5.95 Å². The lowest BCUT2D eigenvalue weighted by Crippen LogP contribution is -2.29. The molecular formula is C19H23ClN6OS. The zero-order valence-corrected chi connectivity index (χ0v) is 18.0. The first kappa shape index (κ1) is 21.8. The van der Waals surface area contributed by atoms with Gasteiger partial charge in [0, 0.05) is 27.9 Å². The van der Waals surface area contributed by atoms with Crippen LogP contribution in [-0.4, -0.2) is 36.9 Å². The Morgan fingerprint density at radius 3 is 2.54 bits per heavy atom. The Morgan fingerprint density at radius 2 is 1.89 bits per heavy atom. The van der Waals surface area contributed by atoms with Crippen LogP contribution in [0.25, 0.3) is 5.95 Å². The molecule has 0 saturated carbocycles. The Bertz CT molecular complexity index is 931. The minimum Gasteiger partial charge on any atom is -0.342 e. The van der Waals surface area contributed by atoms with Crippen LogP contribution in [0.15, 0.2) is 41.6 Å². The van der Waals surface area contributed by atoms with Crippen molar-refractivity contribution in [2.24, 2.45) is 0 Å². The van der Waals surface area contributed by atoms with E-state index < -0.39 is 6.04 Å². The van der Waals surface area contributed by atoms with Crippen LogP contribution in [0.4, 0.5) is 0 Å². The van der Waals surface area contributed by atoms with Gasteiger partial charge in [-0.05, 0) is 44.4 Å². The van der Waals surface area contributed by atoms with Gasteiger partial charge in [0.2, 0.25) is 0 Å². The van der Waals surface area contributed by atoms with Crippen molar-refractivity contribution in [2.45, 2.75) is 38.6 Å². The lowest BCUT2D eigenvalue weighted by atomic mass is 10.2. The number of halogens is 1. The Labute approximate surface area is 174 Å². The van der Waals surface area contributed by atoms with Crippen LogP contribution in [0.2, 0.25) is 5.02 Å². The van der Waals surface area contributed by atoms with Gasteiger partial charge in [0.05, 0.1) is 6.04 Å². The largest absolute Gasteiger partial charge is 0.342 e. The molecule has 3 aromatic rings. The first-order chi connectivity index (χ1) is 13.5. The van der Waals surface area contributed by atoms with Crippen LogP contribution in [-0.2, 0) is 0 Å². The highest BCUT2D eigenvalue weighted by molar-refractivity contribution is 7.98. The number of amides is 1. The molecule has 0 aliphatic heterocycles. The summed E-state index contributed by atoms with van der Waals surface area (Å²) in [5, 5.41) is 7.78. The molecule has 0 aliphatic rings. The minimum absolute atomic E-state index is 0.239. The fourth-order valence-electron chi connectivity index (χ4n) is 2.42. The highest BCUT2D eigenvalue weighted by Crippen LogP contribution is 2.23. The van der Waals surface area contributed by atoms with E-state index in [1.165, 1.54) is 16.4 Å². The highest BCUT2D eigenvalue weighted by Gasteiger charge is 2.20. The molecule has 0 spiro atoms. The maximum Gasteiger partial charge on any atom is 0.252 e. The topological polar surface area (TPSA) is 85.6 Å². The summed E-state index contributed by atoms with van der Waals surface area (Å²) in [4.78, 5) is 26.4. The second-order valence-corrected chi connectivity index (χ2v) is 6.87. The van der Waals surface area contributed by atoms with E-state index in [-0.39, 0.29) is 5.91 Å². The fraction of sp³-hybridized carbons (Fsp3) is 0.316. The summed E-state index contributed by atoms with van der Waals surface area (Å²) in [6, 6.07) is 6.58. The molecule has 7 nitrogen and oxygen atoms in total. The van der Waals surface area contributed by atoms with E-state index in [9.17, 15) is 4.79 Å². The van der Waals surface area contributed by atoms with Crippen LogP contribution in [0.1, 0.15) is 48.8 Å². The average Bonchev–Trinajstić information content (AvgIpc) is 3.11. The normalized spacial score (nSPS) is 11.4. The summed E-state index contributed by atoms with van der Waals surface area (Å²) >= 11 is 7.62. The van der Waals surface area contributed by atoms with Crippen LogP contribution in [0, 0.1) is 6.92 Å². The number of aryl methyl sites for hydroxylation is 1. The summed E-state index contributed by atoms with van der Waals surface area (Å²) in [5.74, 6) is 1.28. The van der Waals surface area contributed by atoms with Gasteiger partial charge in [-0.15, -0.1) is 16.9 Å². The number of hydrogen-bond acceptors (Lipinski definition) is 6. The maximum atomic E-state index is 12.6. The molecule has 148 valence electrons. The molecule has 28 heavy (non-hydrogen) atoms. The number of nitrogens with one attached hydrogen (secondary N) is 1. The predicted octanol–water partition coefficient (Wildman–Crippen LogP) is 4.26. The van der Waals surface area contributed by atoms with Crippen LogP contribution in [0.3, 0.4) is 0 Å². The third-order valence-corrected chi connectivity index (χ3v) is 4.51. The number of carbonyl (C=O) groups is 1. The van der Waals surface area contributed by atoms with E-state index in [0.29, 0.717) is 28.2 Å². The molecule has 0 bridgehead atoms. The average molecular weight is 419 g/mol. The first-order valence-corrected chi connectivity index (χ1v) is 10.4. The first-order valence-electron chi connectivity index (χ1n) is 8.84. The van der Waals surface area contributed by atoms with Gasteiger partial charge in [0.25, 0.3) is 11.9 Å². The van der Waals surface area contributed by atoms with E-state index >= 15 is 0 Å². The van der Waals surface area contributed by atoms with Crippen LogP contribution < -0.4 is 5.32 Å². The molecule has 0 saturated heterocycles. The number of carbonyl (C=O) groups excluding carboxylic acids is 1. The van der Waals surface area contributed by atoms with Gasteiger partial charge in [0.15, 0.2) is 5.82 Å². The van der Waals surface area contributed by atoms with Gasteiger partial charge in [-0.2, -0.15) is 4.68 Å². The second-order valence-electron chi connectivity index (χ2n) is 5.55. The van der Waals surface area contributed by atoms with Crippen LogP contribution >= 0.6 is 23.4 Å². The Balaban J connectivity index is 0.00000136. The third kappa shape index (κ3) is 5.30. The SMILES string of the molecule is CC.CSc1cc(Cl)cc(C(=O)NC(C)c2nc(C)nn2-c2ncccn2)c1. The number of hydrogen-bond donors (Lipinski definition) is 1. The number of nitrogens with zero attached hydrogens (tertiary/aromatic N) is 5. The summed E-state index contributed by atoms with van der Waals surface area (Å²) in [6.07, 6.45) is 5.19. The molecule has 1 N–H and O–H groups in total. The zero-order valence-electron chi connectivity index (χ0n) is 16.5. The summed E-state index contributed by atoms with van der Waals surface area (Å²) in [6.45, 7) is 7.61. The van der Waals surface area contributed by atoms with Crippen molar-refractivity contribution in [3.63, 3.8) is 0 Å². The number of rotatable bonds is 5. The standard InChI is InChI=1S/C17H17ClN6OS.C2H6/c1-10(21-16(25)12-7-13(18)9-14(8-12)26-3)15-22-11(2)23-24(15)17-19-5-4-6-20-17;1-2/h4-10H,1-3H3,(H,21,25);1-2H3. The molecule has 1 amide bonds. The van der Waals surface area contributed by atoms with E-state index in [2.05, 4.69) is 25.4 Å². The molecular weight excluding hydrogens is 396 g/mol. The van der Waals surface area contributed by atoms with E-state index in [1.54, 1.807) is 37.5 Å². The smallest absolute Gasteiger partial charge is 0.252 e. The van der Waals surface area contributed by atoms with Crippen molar-refractivity contribution in [1.29, 1.82) is 0 Å². The van der Waals surface area contributed by atoms with Crippen molar-refractivity contribution >= 4 is 29.3 Å². The highest BCUT2D eigenvalue weighted by atomic mass is 35.5. The zero-order chi connectivity index (χ0) is 20.7. The molecule has 9 heteroatoms. The van der Waals surface area contributed by atoms with Crippen molar-refractivity contribution in [2.75, 3.05) is 6.26 Å². The molecule has 2 aromatic heterocycles. The van der Waals surface area contributed by atoms with Gasteiger partial charge in [0.1, 0.15) is 5.82 Å². The number of benzene rings is 1. The maximum absolute atomic E-state index is 12.6. The van der Waals surface area contributed by atoms with E-state index in [0.717, 1.165) is 4.90 Å². The molecule has 1 unspecified atom stereocenters. The minimum atomic E-state index is -0.399. The lowest BCUT2D eigenvalue weighted by molar-refractivity contribution is 0.0937. The van der Waals surface area contributed by atoms with Crippen molar-refractivity contribution in [1.82, 2.24) is 30.0 Å². The van der Waals surface area contributed by atoms with Gasteiger partial charge in [-0.1, -0.05) is 25.4 Å². The summed E-state index contributed by atoms with van der Waals surface area (Å²) in [7, 11) is 0. The van der Waals surface area contributed by atoms with Gasteiger partial charge < -0.3 is 5.32 Å². The lowest BCUT2D eigenvalue weighted by Gasteiger charge is -2.14. The van der Waals surface area contributed by atoms with E-state index in [1.807, 2.05) is 33.1 Å². The Hall–Kier alpha value is -2.45. The monoisotopic (exact) mass is 418 g/mol. The third-order valence-electron chi connectivity index (χ3n) is 3.58. The molecule has 1 atom stereocenters. The van der Waals surface area contributed by atoms with Crippen molar-refractivity contribution in [3.05, 3.63) is 58.9 Å². The molecule has 1 aromatic carbocycles. The Morgan fingerprint density at radius 1 is 1.21 bits per heavy atom. The van der Waals surface area contributed by atoms with Crippen molar-refractivity contribution < 1.29 is 4.79 Å². The van der Waals surface area contributed by atoms with Gasteiger partial charge >= 0.3 is 0 Å². The molecule has 3 rings (SSSR count). The van der Waals surface area contributed by atoms with Gasteiger partial charge in [-0.3, -0.25) is 4.79 Å². The van der Waals surface area contributed by atoms with E-state index in [4.69, 9.17) is 11.6 Å². The molecule has 2 heterocycles. The number of aromatic nitrogens is 5. The summed E-state index contributed by atoms with van der Waals surface area (Å²) in [5.41, 5.74) is 0.493. The number of thioether (sulfide) groups is 1. The Kier molecular flexibility index (Phi) is 7.95. The molecule has 0 radical (unpaired) electrons.